The van der Waals surface area contributed by atoms with Crippen LogP contribution in [-0.4, -0.2) is 11.7 Å². The third-order valence-electron chi connectivity index (χ3n) is 5.38. The lowest BCUT2D eigenvalue weighted by atomic mass is 9.86. The summed E-state index contributed by atoms with van der Waals surface area (Å²) >= 11 is 0. The Kier molecular flexibility index (Phi) is 5.79. The fourth-order valence-electron chi connectivity index (χ4n) is 3.64. The number of anilines is 1. The molecule has 0 atom stereocenters. The van der Waals surface area contributed by atoms with Gasteiger partial charge in [0.2, 0.25) is 5.91 Å². The second-order valence-electron chi connectivity index (χ2n) is 8.56. The molecule has 1 aliphatic rings. The normalized spacial score (nSPS) is 15.4. The summed E-state index contributed by atoms with van der Waals surface area (Å²) in [4.78, 5) is 25.3. The van der Waals surface area contributed by atoms with E-state index in [-0.39, 0.29) is 23.0 Å². The van der Waals surface area contributed by atoms with Crippen LogP contribution in [0.1, 0.15) is 74.4 Å². The Hall–Kier alpha value is -2.42. The van der Waals surface area contributed by atoms with Gasteiger partial charge in [0.1, 0.15) is 0 Å². The number of hydrogen-bond acceptors (Lipinski definition) is 2. The molecule has 2 aromatic carbocycles. The van der Waals surface area contributed by atoms with Gasteiger partial charge in [-0.2, -0.15) is 0 Å². The Labute approximate surface area is 162 Å². The Balaban J connectivity index is 1.72. The van der Waals surface area contributed by atoms with Gasteiger partial charge in [-0.05, 0) is 36.0 Å². The van der Waals surface area contributed by atoms with Crippen molar-refractivity contribution in [1.29, 1.82) is 0 Å². The van der Waals surface area contributed by atoms with Crippen LogP contribution in [0.5, 0.6) is 0 Å². The van der Waals surface area contributed by atoms with Crippen LogP contribution < -0.4 is 5.32 Å². The number of nitrogens with one attached hydrogen (secondary N) is 1. The van der Waals surface area contributed by atoms with E-state index in [1.807, 2.05) is 36.4 Å². The van der Waals surface area contributed by atoms with Crippen molar-refractivity contribution in [2.45, 2.75) is 58.3 Å². The minimum Gasteiger partial charge on any atom is -0.326 e. The summed E-state index contributed by atoms with van der Waals surface area (Å²) in [7, 11) is 0. The summed E-state index contributed by atoms with van der Waals surface area (Å²) in [5.41, 5.74) is 3.22. The third-order valence-corrected chi connectivity index (χ3v) is 5.38. The SMILES string of the molecule is CC(C)(C)c1ccc(C(=O)c2cccc(NC(=O)C3CCCCC3)c2)cc1. The zero-order valence-electron chi connectivity index (χ0n) is 16.5. The van der Waals surface area contributed by atoms with Crippen LogP contribution in [0.25, 0.3) is 0 Å². The topological polar surface area (TPSA) is 46.2 Å². The highest BCUT2D eigenvalue weighted by Gasteiger charge is 2.21. The van der Waals surface area contributed by atoms with Crippen molar-refractivity contribution < 1.29 is 9.59 Å². The van der Waals surface area contributed by atoms with Crippen LogP contribution in [0.2, 0.25) is 0 Å². The molecular weight excluding hydrogens is 334 g/mol. The highest BCUT2D eigenvalue weighted by atomic mass is 16.2. The van der Waals surface area contributed by atoms with Crippen LogP contribution >= 0.6 is 0 Å². The molecule has 1 amide bonds. The van der Waals surface area contributed by atoms with Crippen molar-refractivity contribution in [3.05, 3.63) is 65.2 Å². The number of carbonyl (C=O) groups excluding carboxylic acids is 2. The molecule has 1 saturated carbocycles. The predicted octanol–water partition coefficient (Wildman–Crippen LogP) is 5.73. The van der Waals surface area contributed by atoms with Gasteiger partial charge >= 0.3 is 0 Å². The van der Waals surface area contributed by atoms with Crippen LogP contribution in [0.3, 0.4) is 0 Å². The Morgan fingerprint density at radius 3 is 2.19 bits per heavy atom. The largest absolute Gasteiger partial charge is 0.326 e. The summed E-state index contributed by atoms with van der Waals surface area (Å²) < 4.78 is 0. The highest BCUT2D eigenvalue weighted by molar-refractivity contribution is 6.09. The first-order valence-corrected chi connectivity index (χ1v) is 9.91. The number of rotatable bonds is 4. The smallest absolute Gasteiger partial charge is 0.227 e. The molecule has 0 spiro atoms. The molecular formula is C24H29NO2. The van der Waals surface area contributed by atoms with Gasteiger partial charge in [0.25, 0.3) is 0 Å². The Morgan fingerprint density at radius 2 is 1.56 bits per heavy atom. The third kappa shape index (κ3) is 4.85. The molecule has 1 N–H and O–H groups in total. The molecule has 0 aromatic heterocycles. The lowest BCUT2D eigenvalue weighted by molar-refractivity contribution is -0.120. The van der Waals surface area contributed by atoms with E-state index in [0.717, 1.165) is 25.7 Å². The van der Waals surface area contributed by atoms with Crippen molar-refractivity contribution in [2.75, 3.05) is 5.32 Å². The summed E-state index contributed by atoms with van der Waals surface area (Å²) in [6.07, 6.45) is 5.40. The summed E-state index contributed by atoms with van der Waals surface area (Å²) in [6, 6.07) is 15.1. The van der Waals surface area contributed by atoms with Crippen molar-refractivity contribution in [3.63, 3.8) is 0 Å². The number of hydrogen-bond donors (Lipinski definition) is 1. The molecule has 2 aromatic rings. The monoisotopic (exact) mass is 363 g/mol. The molecule has 0 aliphatic heterocycles. The maximum Gasteiger partial charge on any atom is 0.227 e. The molecule has 0 heterocycles. The first-order valence-electron chi connectivity index (χ1n) is 9.91. The summed E-state index contributed by atoms with van der Waals surface area (Å²) in [6.45, 7) is 6.47. The number of carbonyl (C=O) groups is 2. The Morgan fingerprint density at radius 1 is 0.889 bits per heavy atom. The van der Waals surface area contributed by atoms with Crippen molar-refractivity contribution >= 4 is 17.4 Å². The lowest BCUT2D eigenvalue weighted by Crippen LogP contribution is -2.24. The van der Waals surface area contributed by atoms with Crippen LogP contribution in [-0.2, 0) is 10.2 Å². The zero-order valence-corrected chi connectivity index (χ0v) is 16.5. The average molecular weight is 364 g/mol. The molecule has 142 valence electrons. The van der Waals surface area contributed by atoms with Gasteiger partial charge in [0.05, 0.1) is 0 Å². The predicted molar refractivity (Wildman–Crippen MR) is 110 cm³/mol. The standard InChI is InChI=1S/C24H29NO2/c1-24(2,3)20-14-12-17(13-15-20)22(26)19-10-7-11-21(16-19)25-23(27)18-8-5-4-6-9-18/h7,10-16,18H,4-6,8-9H2,1-3H3,(H,25,27). The maximum absolute atomic E-state index is 12.8. The van der Waals surface area contributed by atoms with Gasteiger partial charge in [0.15, 0.2) is 5.78 Å². The quantitative estimate of drug-likeness (QED) is 0.705. The molecule has 3 heteroatoms. The number of amides is 1. The van der Waals surface area contributed by atoms with Crippen molar-refractivity contribution in [3.8, 4) is 0 Å². The van der Waals surface area contributed by atoms with E-state index in [0.29, 0.717) is 16.8 Å². The lowest BCUT2D eigenvalue weighted by Gasteiger charge is -2.21. The summed E-state index contributed by atoms with van der Waals surface area (Å²) in [5.74, 6) is 0.154. The fourth-order valence-corrected chi connectivity index (χ4v) is 3.64. The van der Waals surface area contributed by atoms with Gasteiger partial charge in [-0.1, -0.05) is 76.4 Å². The van der Waals surface area contributed by atoms with Gasteiger partial charge in [-0.3, -0.25) is 9.59 Å². The van der Waals surface area contributed by atoms with E-state index in [4.69, 9.17) is 0 Å². The van der Waals surface area contributed by atoms with E-state index in [2.05, 4.69) is 26.1 Å². The number of benzene rings is 2. The minimum atomic E-state index is -0.0239. The minimum absolute atomic E-state index is 0.0239. The average Bonchev–Trinajstić information content (AvgIpc) is 2.68. The molecule has 0 bridgehead atoms. The van der Waals surface area contributed by atoms with E-state index < -0.39 is 0 Å². The van der Waals surface area contributed by atoms with E-state index >= 15 is 0 Å². The number of ketones is 1. The van der Waals surface area contributed by atoms with Gasteiger partial charge in [-0.15, -0.1) is 0 Å². The molecule has 0 radical (unpaired) electrons. The fraction of sp³-hybridized carbons (Fsp3) is 0.417. The first-order chi connectivity index (χ1) is 12.8. The molecule has 0 unspecified atom stereocenters. The molecule has 27 heavy (non-hydrogen) atoms. The molecule has 1 fully saturated rings. The van der Waals surface area contributed by atoms with Crippen molar-refractivity contribution in [2.24, 2.45) is 5.92 Å². The van der Waals surface area contributed by atoms with Crippen LogP contribution in [0.4, 0.5) is 5.69 Å². The van der Waals surface area contributed by atoms with Gasteiger partial charge in [-0.25, -0.2) is 0 Å². The van der Waals surface area contributed by atoms with Gasteiger partial charge < -0.3 is 5.32 Å². The second kappa shape index (κ2) is 8.08. The zero-order chi connectivity index (χ0) is 19.4. The molecule has 0 saturated heterocycles. The molecule has 1 aliphatic carbocycles. The first kappa shape index (κ1) is 19.3. The molecule has 3 nitrogen and oxygen atoms in total. The van der Waals surface area contributed by atoms with E-state index in [9.17, 15) is 9.59 Å². The maximum atomic E-state index is 12.8. The Bertz CT molecular complexity index is 809. The van der Waals surface area contributed by atoms with E-state index in [1.54, 1.807) is 12.1 Å². The molecule has 3 rings (SSSR count). The van der Waals surface area contributed by atoms with Gasteiger partial charge in [0, 0.05) is 22.7 Å². The van der Waals surface area contributed by atoms with Crippen molar-refractivity contribution in [1.82, 2.24) is 0 Å². The van der Waals surface area contributed by atoms with Crippen LogP contribution in [0.15, 0.2) is 48.5 Å². The highest BCUT2D eigenvalue weighted by Crippen LogP contribution is 2.26. The summed E-state index contributed by atoms with van der Waals surface area (Å²) in [5, 5.41) is 3.00. The van der Waals surface area contributed by atoms with E-state index in [1.165, 1.54) is 12.0 Å². The van der Waals surface area contributed by atoms with Crippen LogP contribution in [0, 0.1) is 5.92 Å². The second-order valence-corrected chi connectivity index (χ2v) is 8.56.